The van der Waals surface area contributed by atoms with Gasteiger partial charge in [-0.2, -0.15) is 17.9 Å². The number of methoxy groups -OCH3 is 2. The van der Waals surface area contributed by atoms with Crippen LogP contribution < -0.4 is 41.4 Å². The molecule has 21 heteroatoms. The van der Waals surface area contributed by atoms with Gasteiger partial charge in [-0.05, 0) is 66.0 Å². The fourth-order valence-corrected chi connectivity index (χ4v) is 10.5. The van der Waals surface area contributed by atoms with Crippen molar-refractivity contribution in [3.63, 3.8) is 0 Å². The van der Waals surface area contributed by atoms with E-state index in [-0.39, 0.29) is 23.6 Å². The van der Waals surface area contributed by atoms with E-state index in [4.69, 9.17) is 28.1 Å². The molecule has 0 spiro atoms. The van der Waals surface area contributed by atoms with Crippen LogP contribution in [0.4, 0.5) is 4.39 Å². The van der Waals surface area contributed by atoms with Crippen molar-refractivity contribution in [1.82, 2.24) is 28.5 Å². The van der Waals surface area contributed by atoms with E-state index in [0.29, 0.717) is 28.2 Å². The van der Waals surface area contributed by atoms with E-state index in [9.17, 15) is 27.6 Å². The Balaban J connectivity index is 1.22. The van der Waals surface area contributed by atoms with Gasteiger partial charge in [-0.15, -0.1) is 0 Å². The summed E-state index contributed by atoms with van der Waals surface area (Å²) >= 11 is 0. The number of hydrogen-bond acceptors (Lipinski definition) is 12. The molecule has 0 unspecified atom stereocenters. The fourth-order valence-electron chi connectivity index (χ4n) is 8.08. The van der Waals surface area contributed by atoms with Crippen LogP contribution in [0.25, 0.3) is 0 Å². The summed E-state index contributed by atoms with van der Waals surface area (Å²) in [6.45, 7) is 10.9. The first-order chi connectivity index (χ1) is 31.7. The van der Waals surface area contributed by atoms with Crippen molar-refractivity contribution in [3.8, 4) is 11.5 Å². The highest BCUT2D eigenvalue weighted by Gasteiger charge is 2.51. The first-order valence-electron chi connectivity index (χ1n) is 21.7. The Morgan fingerprint density at radius 3 is 1.96 bits per heavy atom. The highest BCUT2D eigenvalue weighted by molar-refractivity contribution is 7.87. The molecular formula is C46H57FN6O12SSi. The van der Waals surface area contributed by atoms with Crippen LogP contribution in [0.2, 0.25) is 18.1 Å². The van der Waals surface area contributed by atoms with Crippen molar-refractivity contribution < 1.29 is 40.9 Å². The van der Waals surface area contributed by atoms with Gasteiger partial charge in [-0.25, -0.2) is 14.0 Å². The lowest BCUT2D eigenvalue weighted by molar-refractivity contribution is -0.0844. The molecule has 4 heterocycles. The Hall–Kier alpha value is -5.52. The molecule has 18 nitrogen and oxygen atoms in total. The predicted octanol–water partition coefficient (Wildman–Crippen LogP) is 4.13. The summed E-state index contributed by atoms with van der Waals surface area (Å²) in [4.78, 5) is 54.6. The third-order valence-electron chi connectivity index (χ3n) is 12.7. The second-order valence-electron chi connectivity index (χ2n) is 18.1. The molecule has 2 fully saturated rings. The predicted molar refractivity (Wildman–Crippen MR) is 249 cm³/mol. The summed E-state index contributed by atoms with van der Waals surface area (Å²) in [7, 11) is -4.08. The molecule has 2 aliphatic rings. The number of aromatic nitrogens is 4. The van der Waals surface area contributed by atoms with Crippen molar-refractivity contribution in [2.24, 2.45) is 0 Å². The standard InChI is InChI=1S/C46H57FN6O12SSi/c1-28-26-53(44(57)50-41(28)55)38-24-34(65-67(7,8)45(2,3)4)35(63-38)25-48-66(58,59)51-40-36(64-42(39(40)47)52-23-22-37(54)49-43(52)56)27-62-46(29-12-10-9-11-13-29,30-14-18-32(60-5)19-15-30)31-16-20-33(61-6)21-17-31/h9-23,26,34-36,38-40,42,48,51H,24-25,27H2,1-8H3,(H,49,54,56)(H,50,55,57)/t34-,35+,36+,38+,39+,40+,42+/m0/s1. The van der Waals surface area contributed by atoms with E-state index in [1.807, 2.05) is 88.5 Å². The quantitative estimate of drug-likeness (QED) is 0.0764. The minimum Gasteiger partial charge on any atom is -0.497 e. The van der Waals surface area contributed by atoms with Crippen molar-refractivity contribution in [1.29, 1.82) is 0 Å². The monoisotopic (exact) mass is 964 g/mol. The van der Waals surface area contributed by atoms with Crippen LogP contribution in [0.3, 0.4) is 0 Å². The number of alkyl halides is 1. The van der Waals surface area contributed by atoms with Crippen LogP contribution in [-0.2, 0) is 34.4 Å². The lowest BCUT2D eigenvalue weighted by atomic mass is 9.80. The molecule has 5 aromatic rings. The number of aromatic amines is 2. The molecule has 7 rings (SSSR count). The van der Waals surface area contributed by atoms with E-state index in [1.54, 1.807) is 45.4 Å². The van der Waals surface area contributed by atoms with E-state index in [1.165, 1.54) is 10.8 Å². The summed E-state index contributed by atoms with van der Waals surface area (Å²) in [5, 5.41) is -0.249. The average Bonchev–Trinajstić information content (AvgIpc) is 3.82. The Kier molecular flexibility index (Phi) is 14.4. The molecule has 2 aliphatic heterocycles. The van der Waals surface area contributed by atoms with Crippen molar-refractivity contribution in [2.45, 2.75) is 101 Å². The molecular weight excluding hydrogens is 908 g/mol. The van der Waals surface area contributed by atoms with Crippen LogP contribution in [0, 0.1) is 6.92 Å². The number of nitrogens with one attached hydrogen (secondary N) is 4. The number of nitrogens with zero attached hydrogens (tertiary/aromatic N) is 2. The van der Waals surface area contributed by atoms with Crippen LogP contribution in [0.1, 0.15) is 61.9 Å². The smallest absolute Gasteiger partial charge is 0.330 e. The Morgan fingerprint density at radius 1 is 0.806 bits per heavy atom. The largest absolute Gasteiger partial charge is 0.497 e. The van der Waals surface area contributed by atoms with Gasteiger partial charge in [0.2, 0.25) is 0 Å². The topological polar surface area (TPSA) is 223 Å². The second kappa shape index (κ2) is 19.6. The molecule has 0 saturated carbocycles. The fraction of sp³-hybridized carbons (Fsp3) is 0.435. The maximum absolute atomic E-state index is 17.1. The van der Waals surface area contributed by atoms with E-state index in [2.05, 4.69) is 19.4 Å². The summed E-state index contributed by atoms with van der Waals surface area (Å²) in [6, 6.07) is 22.9. The van der Waals surface area contributed by atoms with Crippen molar-refractivity contribution in [3.05, 3.63) is 161 Å². The van der Waals surface area contributed by atoms with Gasteiger partial charge < -0.3 is 28.1 Å². The highest BCUT2D eigenvalue weighted by atomic mass is 32.2. The Morgan fingerprint density at radius 2 is 1.39 bits per heavy atom. The molecule has 2 saturated heterocycles. The van der Waals surface area contributed by atoms with Crippen molar-refractivity contribution in [2.75, 3.05) is 27.4 Å². The number of ether oxygens (including phenoxy) is 5. The number of hydrogen-bond donors (Lipinski definition) is 4. The molecule has 0 amide bonds. The van der Waals surface area contributed by atoms with E-state index < -0.39 is 96.2 Å². The molecule has 0 bridgehead atoms. The van der Waals surface area contributed by atoms with Gasteiger partial charge in [0.05, 0.1) is 39.1 Å². The number of H-pyrrole nitrogens is 2. The van der Waals surface area contributed by atoms with Crippen LogP contribution >= 0.6 is 0 Å². The lowest BCUT2D eigenvalue weighted by Crippen LogP contribution is -2.53. The van der Waals surface area contributed by atoms with Gasteiger partial charge in [0.25, 0.3) is 21.3 Å². The molecule has 0 aliphatic carbocycles. The van der Waals surface area contributed by atoms with Gasteiger partial charge in [0.15, 0.2) is 20.7 Å². The zero-order valence-electron chi connectivity index (χ0n) is 38.5. The van der Waals surface area contributed by atoms with E-state index in [0.717, 1.165) is 16.8 Å². The zero-order chi connectivity index (χ0) is 48.5. The lowest BCUT2D eigenvalue weighted by Gasteiger charge is -2.39. The Labute approximate surface area is 387 Å². The maximum atomic E-state index is 17.1. The van der Waals surface area contributed by atoms with Gasteiger partial charge in [-0.1, -0.05) is 75.4 Å². The van der Waals surface area contributed by atoms with Gasteiger partial charge in [0.1, 0.15) is 29.4 Å². The van der Waals surface area contributed by atoms with Crippen LogP contribution in [-0.4, -0.2) is 93.7 Å². The molecule has 67 heavy (non-hydrogen) atoms. The maximum Gasteiger partial charge on any atom is 0.330 e. The molecule has 7 atom stereocenters. The minimum absolute atomic E-state index is 0.154. The van der Waals surface area contributed by atoms with Crippen molar-refractivity contribution >= 4 is 18.5 Å². The summed E-state index contributed by atoms with van der Waals surface area (Å²) in [6.07, 6.45) is -5.27. The highest BCUT2D eigenvalue weighted by Crippen LogP contribution is 2.44. The number of rotatable bonds is 17. The number of aryl methyl sites for hydroxylation is 1. The zero-order valence-corrected chi connectivity index (χ0v) is 40.3. The first kappa shape index (κ1) is 49.4. The normalized spacial score (nSPS) is 22.5. The van der Waals surface area contributed by atoms with Gasteiger partial charge >= 0.3 is 11.4 Å². The van der Waals surface area contributed by atoms with E-state index >= 15 is 4.39 Å². The Bertz CT molecular complexity index is 2820. The van der Waals surface area contributed by atoms with Gasteiger partial charge in [-0.3, -0.25) is 28.7 Å². The summed E-state index contributed by atoms with van der Waals surface area (Å²) < 4.78 is 89.7. The summed E-state index contributed by atoms with van der Waals surface area (Å²) in [5.41, 5.74) is -2.18. The molecule has 3 aromatic carbocycles. The third kappa shape index (κ3) is 10.5. The van der Waals surface area contributed by atoms with Gasteiger partial charge in [0, 0.05) is 37.0 Å². The average molecular weight is 965 g/mol. The third-order valence-corrected chi connectivity index (χ3v) is 18.4. The molecule has 2 aromatic heterocycles. The van der Waals surface area contributed by atoms with Crippen LogP contribution in [0.15, 0.2) is 117 Å². The number of halogens is 1. The molecule has 0 radical (unpaired) electrons. The molecule has 4 N–H and O–H groups in total. The minimum atomic E-state index is -4.65. The SMILES string of the molecule is COc1ccc(C(OC[C@H]2O[C@@H](n3ccc(=O)[nH]c3=O)[C@H](F)[C@@H]2NS(=O)(=O)NC[C@H]2O[C@@H](n3cc(C)c(=O)[nH]c3=O)C[C@@H]2O[Si](C)(C)C(C)(C)C)(c2ccccc2)c2ccc(OC)cc2)cc1. The molecule has 360 valence electrons. The second-order valence-corrected chi connectivity index (χ2v) is 24.4. The van der Waals surface area contributed by atoms with Crippen LogP contribution in [0.5, 0.6) is 11.5 Å². The first-order valence-corrected chi connectivity index (χ1v) is 26.1. The summed E-state index contributed by atoms with van der Waals surface area (Å²) in [5.74, 6) is 1.15. The number of benzene rings is 3.